The van der Waals surface area contributed by atoms with Gasteiger partial charge in [0.1, 0.15) is 6.10 Å². The van der Waals surface area contributed by atoms with Crippen molar-refractivity contribution in [3.8, 4) is 0 Å². The van der Waals surface area contributed by atoms with Gasteiger partial charge in [0.15, 0.2) is 0 Å². The minimum atomic E-state index is -0.124. The Hall–Kier alpha value is -0.480. The van der Waals surface area contributed by atoms with E-state index in [2.05, 4.69) is 10.2 Å². The van der Waals surface area contributed by atoms with E-state index in [1.54, 1.807) is 0 Å². The molecule has 7 fully saturated rings. The van der Waals surface area contributed by atoms with Gasteiger partial charge in [-0.2, -0.15) is 0 Å². The second-order valence-electron chi connectivity index (χ2n) is 8.90. The molecule has 3 aliphatic heterocycles. The van der Waals surface area contributed by atoms with Crippen LogP contribution in [0.25, 0.3) is 0 Å². The zero-order chi connectivity index (χ0) is 14.7. The second kappa shape index (κ2) is 5.80. The number of carbonyl (C=O) groups excluding carboxylic acids is 1. The van der Waals surface area contributed by atoms with Crippen LogP contribution in [-0.2, 0) is 4.74 Å². The molecule has 6 bridgehead atoms. The Bertz CT molecular complexity index is 440. The first-order chi connectivity index (χ1) is 10.7. The van der Waals surface area contributed by atoms with Gasteiger partial charge in [0, 0.05) is 12.1 Å². The fourth-order valence-electron chi connectivity index (χ4n) is 6.69. The van der Waals surface area contributed by atoms with Crippen molar-refractivity contribution in [1.82, 2.24) is 10.2 Å². The summed E-state index contributed by atoms with van der Waals surface area (Å²) in [5.74, 6) is 3.20. The summed E-state index contributed by atoms with van der Waals surface area (Å²) in [4.78, 5) is 15.0. The topological polar surface area (TPSA) is 41.6 Å². The van der Waals surface area contributed by atoms with Crippen molar-refractivity contribution < 1.29 is 21.9 Å². The highest BCUT2D eigenvalue weighted by Gasteiger charge is 2.52. The van der Waals surface area contributed by atoms with Crippen molar-refractivity contribution in [2.75, 3.05) is 19.6 Å². The SMILES string of the molecule is O=C(NC12CC3CC(CC(C3)C1)C2)OC1CN2CCC1CC2.[Cl-]. The minimum Gasteiger partial charge on any atom is -1.00 e. The minimum absolute atomic E-state index is 0. The van der Waals surface area contributed by atoms with Crippen molar-refractivity contribution in [1.29, 1.82) is 0 Å². The third-order valence-corrected chi connectivity index (χ3v) is 7.26. The number of amides is 1. The van der Waals surface area contributed by atoms with E-state index in [1.165, 1.54) is 64.5 Å². The van der Waals surface area contributed by atoms with Crippen LogP contribution in [-0.4, -0.2) is 42.3 Å². The monoisotopic (exact) mass is 339 g/mol. The van der Waals surface area contributed by atoms with Gasteiger partial charge in [-0.3, -0.25) is 4.90 Å². The molecule has 4 nitrogen and oxygen atoms in total. The van der Waals surface area contributed by atoms with Gasteiger partial charge in [-0.15, -0.1) is 0 Å². The van der Waals surface area contributed by atoms with Crippen LogP contribution in [0.2, 0.25) is 0 Å². The van der Waals surface area contributed by atoms with Gasteiger partial charge < -0.3 is 22.5 Å². The lowest BCUT2D eigenvalue weighted by Crippen LogP contribution is -3.00. The number of hydrogen-bond donors (Lipinski definition) is 1. The molecule has 130 valence electrons. The quantitative estimate of drug-likeness (QED) is 0.756. The van der Waals surface area contributed by atoms with E-state index in [9.17, 15) is 4.79 Å². The molecule has 5 heteroatoms. The lowest BCUT2D eigenvalue weighted by atomic mass is 9.53. The molecule has 0 aromatic rings. The van der Waals surface area contributed by atoms with E-state index in [0.29, 0.717) is 5.92 Å². The van der Waals surface area contributed by atoms with Crippen LogP contribution < -0.4 is 17.7 Å². The Morgan fingerprint density at radius 3 is 2.04 bits per heavy atom. The lowest BCUT2D eigenvalue weighted by molar-refractivity contribution is -0.0493. The largest absolute Gasteiger partial charge is 1.00 e. The van der Waals surface area contributed by atoms with Crippen LogP contribution in [0.1, 0.15) is 51.4 Å². The van der Waals surface area contributed by atoms with E-state index in [1.807, 2.05) is 0 Å². The number of alkyl carbamates (subject to hydrolysis) is 1. The van der Waals surface area contributed by atoms with Crippen LogP contribution in [0.3, 0.4) is 0 Å². The highest BCUT2D eigenvalue weighted by molar-refractivity contribution is 5.68. The molecule has 1 amide bonds. The molecule has 1 N–H and O–H groups in total. The molecule has 4 aliphatic carbocycles. The fourth-order valence-corrected chi connectivity index (χ4v) is 6.69. The predicted octanol–water partition coefficient (Wildman–Crippen LogP) is -0.220. The average Bonchev–Trinajstić information content (AvgIpc) is 2.46. The number of ether oxygens (including phenoxy) is 1. The van der Waals surface area contributed by atoms with Gasteiger partial charge in [-0.1, -0.05) is 0 Å². The first-order valence-corrected chi connectivity index (χ1v) is 9.39. The maximum Gasteiger partial charge on any atom is 0.407 e. The summed E-state index contributed by atoms with van der Waals surface area (Å²) in [5.41, 5.74) is 0.0831. The lowest BCUT2D eigenvalue weighted by Gasteiger charge is -2.56. The molecule has 0 radical (unpaired) electrons. The molecule has 3 saturated heterocycles. The maximum atomic E-state index is 12.5. The van der Waals surface area contributed by atoms with E-state index in [4.69, 9.17) is 4.74 Å². The molecule has 4 saturated carbocycles. The molecule has 3 heterocycles. The standard InChI is InChI=1S/C18H28N2O2.ClH/c21-17(22-16-11-20-3-1-15(16)2-4-20)19-18-8-12-5-13(9-18)7-14(6-12)10-18;/h12-16H,1-11H2,(H,19,21);1H/p-1. The maximum absolute atomic E-state index is 12.5. The zero-order valence-electron chi connectivity index (χ0n) is 13.8. The van der Waals surface area contributed by atoms with Gasteiger partial charge in [0.05, 0.1) is 0 Å². The van der Waals surface area contributed by atoms with Crippen molar-refractivity contribution in [3.05, 3.63) is 0 Å². The number of fused-ring (bicyclic) bond motifs is 3. The predicted molar refractivity (Wildman–Crippen MR) is 83.5 cm³/mol. The number of hydrogen-bond acceptors (Lipinski definition) is 3. The van der Waals surface area contributed by atoms with Crippen molar-refractivity contribution in [3.63, 3.8) is 0 Å². The van der Waals surface area contributed by atoms with E-state index in [0.717, 1.165) is 24.3 Å². The molecule has 0 spiro atoms. The normalized spacial score (nSPS) is 49.6. The van der Waals surface area contributed by atoms with Gasteiger partial charge >= 0.3 is 6.09 Å². The highest BCUT2D eigenvalue weighted by atomic mass is 35.5. The molecule has 1 atom stereocenters. The summed E-state index contributed by atoms with van der Waals surface area (Å²) >= 11 is 0. The van der Waals surface area contributed by atoms with Crippen LogP contribution in [0.15, 0.2) is 0 Å². The summed E-state index contributed by atoms with van der Waals surface area (Å²) in [6.45, 7) is 3.35. The summed E-state index contributed by atoms with van der Waals surface area (Å²) in [5, 5.41) is 3.35. The van der Waals surface area contributed by atoms with Crippen molar-refractivity contribution >= 4 is 6.09 Å². The van der Waals surface area contributed by atoms with Crippen LogP contribution in [0.5, 0.6) is 0 Å². The molecule has 0 aromatic heterocycles. The van der Waals surface area contributed by atoms with Gasteiger partial charge in [0.2, 0.25) is 0 Å². The second-order valence-corrected chi connectivity index (χ2v) is 8.90. The Morgan fingerprint density at radius 1 is 1.00 bits per heavy atom. The molecule has 1 unspecified atom stereocenters. The smallest absolute Gasteiger partial charge is 0.407 e. The van der Waals surface area contributed by atoms with Crippen molar-refractivity contribution in [2.45, 2.75) is 63.0 Å². The van der Waals surface area contributed by atoms with Gasteiger partial charge in [0.25, 0.3) is 0 Å². The Labute approximate surface area is 145 Å². The summed E-state index contributed by atoms with van der Waals surface area (Å²) < 4.78 is 5.87. The molecule has 0 aromatic carbocycles. The number of piperidine rings is 3. The molecule has 7 rings (SSSR count). The number of halogens is 1. The number of carbonyl (C=O) groups is 1. The third kappa shape index (κ3) is 2.86. The number of nitrogens with one attached hydrogen (secondary N) is 1. The van der Waals surface area contributed by atoms with Crippen molar-refractivity contribution in [2.24, 2.45) is 23.7 Å². The summed E-state index contributed by atoms with van der Waals surface area (Å²) in [6.07, 6.45) is 10.3. The van der Waals surface area contributed by atoms with Crippen LogP contribution in [0, 0.1) is 23.7 Å². The van der Waals surface area contributed by atoms with E-state index >= 15 is 0 Å². The molecule has 23 heavy (non-hydrogen) atoms. The summed E-state index contributed by atoms with van der Waals surface area (Å²) in [7, 11) is 0. The Kier molecular flexibility index (Phi) is 4.04. The first-order valence-electron chi connectivity index (χ1n) is 9.39. The van der Waals surface area contributed by atoms with Crippen LogP contribution in [0.4, 0.5) is 4.79 Å². The molecule has 7 aliphatic rings. The Morgan fingerprint density at radius 2 is 1.57 bits per heavy atom. The fraction of sp³-hybridized carbons (Fsp3) is 0.944. The van der Waals surface area contributed by atoms with E-state index in [-0.39, 0.29) is 30.1 Å². The van der Waals surface area contributed by atoms with Crippen LogP contribution >= 0.6 is 0 Å². The van der Waals surface area contributed by atoms with Gasteiger partial charge in [-0.25, -0.2) is 4.79 Å². The molecular formula is C18H28ClN2O2-. The number of rotatable bonds is 2. The van der Waals surface area contributed by atoms with E-state index < -0.39 is 0 Å². The first kappa shape index (κ1) is 16.0. The Balaban J connectivity index is 0.00000135. The zero-order valence-corrected chi connectivity index (χ0v) is 14.6. The molecular weight excluding hydrogens is 312 g/mol. The number of nitrogens with zero attached hydrogens (tertiary/aromatic N) is 1. The highest BCUT2D eigenvalue weighted by Crippen LogP contribution is 2.55. The van der Waals surface area contributed by atoms with Gasteiger partial charge in [-0.05, 0) is 88.1 Å². The summed E-state index contributed by atoms with van der Waals surface area (Å²) in [6, 6.07) is 0. The average molecular weight is 340 g/mol. The third-order valence-electron chi connectivity index (χ3n) is 7.26.